The molecule has 0 spiro atoms. The zero-order chi connectivity index (χ0) is 36.8. The highest BCUT2D eigenvalue weighted by atomic mass is 32.2. The molecular weight excluding hydrogens is 518 g/mol. The predicted molar refractivity (Wildman–Crippen MR) is 150 cm³/mol. The first kappa shape index (κ1) is 20.0. The van der Waals surface area contributed by atoms with Crippen molar-refractivity contribution in [1.29, 1.82) is 0 Å². The van der Waals surface area contributed by atoms with Crippen molar-refractivity contribution in [3.63, 3.8) is 0 Å². The molecule has 1 unspecified atom stereocenters. The van der Waals surface area contributed by atoms with E-state index in [0.717, 1.165) is 24.3 Å². The number of carboxylic acid groups (broad SMARTS) is 1. The highest BCUT2D eigenvalue weighted by Crippen LogP contribution is 2.29. The van der Waals surface area contributed by atoms with Crippen LogP contribution in [0.15, 0.2) is 65.5 Å². The Balaban J connectivity index is 2.34. The molecule has 1 saturated carbocycles. The van der Waals surface area contributed by atoms with E-state index in [0.29, 0.717) is 12.8 Å². The van der Waals surface area contributed by atoms with E-state index in [4.69, 9.17) is 11.0 Å². The van der Waals surface area contributed by atoms with Gasteiger partial charge in [-0.1, -0.05) is 55.4 Å². The van der Waals surface area contributed by atoms with Gasteiger partial charge < -0.3 is 15.5 Å². The van der Waals surface area contributed by atoms with E-state index in [9.17, 15) is 29.6 Å². The van der Waals surface area contributed by atoms with Crippen LogP contribution in [-0.2, 0) is 21.2 Å². The van der Waals surface area contributed by atoms with Crippen molar-refractivity contribution in [3.8, 4) is 0 Å². The minimum atomic E-state index is -5.05. The van der Waals surface area contributed by atoms with Crippen molar-refractivity contribution in [2.24, 2.45) is 11.8 Å². The van der Waals surface area contributed by atoms with Crippen molar-refractivity contribution in [2.75, 3.05) is 19.6 Å². The van der Waals surface area contributed by atoms with Crippen LogP contribution < -0.4 is 5.32 Å². The molecule has 0 radical (unpaired) electrons. The summed E-state index contributed by atoms with van der Waals surface area (Å²) in [7, 11) is -5.05. The molecule has 2 aromatic rings. The molecule has 2 aromatic carbocycles. The molecule has 3 N–H and O–H groups in total. The van der Waals surface area contributed by atoms with Crippen LogP contribution in [0.4, 0.5) is 4.79 Å². The molecule has 0 bridgehead atoms. The molecule has 214 valence electrons. The summed E-state index contributed by atoms with van der Waals surface area (Å²) in [6, 6.07) is 1.67. The van der Waals surface area contributed by atoms with E-state index >= 15 is 0 Å². The molecule has 10 heteroatoms. The third-order valence-corrected chi connectivity index (χ3v) is 7.47. The fourth-order valence-electron chi connectivity index (χ4n) is 3.66. The van der Waals surface area contributed by atoms with Gasteiger partial charge in [0.2, 0.25) is 15.9 Å². The van der Waals surface area contributed by atoms with Crippen LogP contribution in [0, 0.1) is 11.8 Å². The summed E-state index contributed by atoms with van der Waals surface area (Å²) < 4.78 is 108. The maximum absolute atomic E-state index is 14.1. The summed E-state index contributed by atoms with van der Waals surface area (Å²) in [5, 5.41) is 25.1. The number of sulfonamides is 1. The lowest BCUT2D eigenvalue weighted by molar-refractivity contribution is -0.122. The molecule has 2 amide bonds. The number of carbonyl (C=O) groups is 2. The maximum Gasteiger partial charge on any atom is 0.408 e. The fourth-order valence-corrected chi connectivity index (χ4v) is 5.07. The number of benzene rings is 2. The number of rotatable bonds is 13. The van der Waals surface area contributed by atoms with Crippen molar-refractivity contribution in [3.05, 3.63) is 66.2 Å². The topological polar surface area (TPSA) is 127 Å². The number of nitrogens with zero attached hydrogens (tertiary/aromatic N) is 2. The van der Waals surface area contributed by atoms with E-state index in [-0.39, 0.29) is 27.6 Å². The molecule has 1 aliphatic carbocycles. The molecule has 1 fully saturated rings. The van der Waals surface area contributed by atoms with E-state index in [1.165, 1.54) is 45.9 Å². The third-order valence-electron chi connectivity index (χ3n) is 5.78. The Kier molecular flexibility index (Phi) is 6.64. The lowest BCUT2D eigenvalue weighted by Crippen LogP contribution is -2.58. The van der Waals surface area contributed by atoms with Crippen LogP contribution in [0.5, 0.6) is 0 Å². The van der Waals surface area contributed by atoms with Gasteiger partial charge in [-0.3, -0.25) is 9.69 Å². The molecule has 3 atom stereocenters. The van der Waals surface area contributed by atoms with Gasteiger partial charge in [0, 0.05) is 36.5 Å². The second-order valence-electron chi connectivity index (χ2n) is 10.3. The Morgan fingerprint density at radius 2 is 1.85 bits per heavy atom. The average molecular weight is 569 g/mol. The molecule has 0 saturated heterocycles. The molecule has 1 aliphatic rings. The van der Waals surface area contributed by atoms with Crippen molar-refractivity contribution in [1.82, 2.24) is 14.5 Å². The summed E-state index contributed by atoms with van der Waals surface area (Å²) in [4.78, 5) is 24.6. The number of amides is 2. The van der Waals surface area contributed by atoms with Crippen LogP contribution in [0.3, 0.4) is 0 Å². The molecule has 9 nitrogen and oxygen atoms in total. The molecule has 3 rings (SSSR count). The van der Waals surface area contributed by atoms with Gasteiger partial charge >= 0.3 is 6.09 Å². The number of aliphatic hydroxyl groups is 1. The number of nitrogens with one attached hydrogen (secondary N) is 1. The van der Waals surface area contributed by atoms with Gasteiger partial charge in [-0.25, -0.2) is 13.2 Å². The Bertz CT molecular complexity index is 1640. The summed E-state index contributed by atoms with van der Waals surface area (Å²) in [5.74, 6) is -1.38. The zero-order valence-electron chi connectivity index (χ0n) is 31.4. The first-order valence-corrected chi connectivity index (χ1v) is 13.9. The van der Waals surface area contributed by atoms with Gasteiger partial charge in [0.1, 0.15) is 0 Å². The lowest BCUT2D eigenvalue weighted by atomic mass is 9.94. The monoisotopic (exact) mass is 568 g/mol. The number of hydrogen-bond acceptors (Lipinski definition) is 5. The standard InChI is InChI=1S/C29H41N3O6S/c1-21(18-30-27(34)23-15-16-23)19-31(39(37,38)24-13-9-6-10-14-24)20-26(33)25(17-22-11-7-5-8-12-22)32(28(35)36)29(2,3)4/h5-14,21,23,25-26,33H,15-20H2,1-4H3,(H,30,34)(H,35,36)/t21?,25-,26+/m0/s1/i5D,7D,11D,17D2,20D2,25D,26D. The first-order valence-electron chi connectivity index (χ1n) is 17.0. The summed E-state index contributed by atoms with van der Waals surface area (Å²) in [6.45, 7) is -0.0000803. The summed E-state index contributed by atoms with van der Waals surface area (Å²) in [5.41, 5.74) is -2.79. The molecule has 0 heterocycles. The largest absolute Gasteiger partial charge is 0.465 e. The minimum Gasteiger partial charge on any atom is -0.465 e. The van der Waals surface area contributed by atoms with Crippen LogP contribution in [0.1, 0.15) is 58.4 Å². The van der Waals surface area contributed by atoms with E-state index in [1.54, 1.807) is 0 Å². The van der Waals surface area contributed by atoms with Gasteiger partial charge in [-0.15, -0.1) is 0 Å². The van der Waals surface area contributed by atoms with Gasteiger partial charge in [-0.05, 0) is 63.6 Å². The quantitative estimate of drug-likeness (QED) is 0.339. The summed E-state index contributed by atoms with van der Waals surface area (Å²) >= 11 is 0. The smallest absolute Gasteiger partial charge is 0.408 e. The highest BCUT2D eigenvalue weighted by Gasteiger charge is 2.40. The maximum atomic E-state index is 14.1. The van der Waals surface area contributed by atoms with E-state index in [2.05, 4.69) is 5.32 Å². The van der Waals surface area contributed by atoms with Crippen LogP contribution in [-0.4, -0.2) is 77.1 Å². The Labute approximate surface area is 244 Å². The summed E-state index contributed by atoms with van der Waals surface area (Å²) in [6.07, 6.45) is -8.79. The van der Waals surface area contributed by atoms with Crippen molar-refractivity contribution < 1.29 is 40.6 Å². The average Bonchev–Trinajstić information content (AvgIpc) is 3.82. The Morgan fingerprint density at radius 1 is 1.18 bits per heavy atom. The van der Waals surface area contributed by atoms with Gasteiger partial charge in [-0.2, -0.15) is 4.31 Å². The van der Waals surface area contributed by atoms with Crippen molar-refractivity contribution in [2.45, 2.75) is 69.4 Å². The fraction of sp³-hybridized carbons (Fsp3) is 0.517. The number of hydrogen-bond donors (Lipinski definition) is 3. The second kappa shape index (κ2) is 12.9. The minimum absolute atomic E-state index is 0.0187. The van der Waals surface area contributed by atoms with Crippen LogP contribution in [0.25, 0.3) is 0 Å². The highest BCUT2D eigenvalue weighted by molar-refractivity contribution is 7.89. The van der Waals surface area contributed by atoms with Gasteiger partial charge in [0.15, 0.2) is 0 Å². The van der Waals surface area contributed by atoms with Crippen LogP contribution in [0.2, 0.25) is 0 Å². The van der Waals surface area contributed by atoms with Gasteiger partial charge in [0.25, 0.3) is 0 Å². The van der Waals surface area contributed by atoms with E-state index < -0.39 is 87.7 Å². The molecule has 39 heavy (non-hydrogen) atoms. The Morgan fingerprint density at radius 3 is 2.44 bits per heavy atom. The first-order chi connectivity index (χ1) is 21.8. The normalized spacial score (nSPS) is 22.1. The van der Waals surface area contributed by atoms with Gasteiger partial charge in [0.05, 0.1) is 23.8 Å². The Hall–Kier alpha value is -2.95. The SMILES string of the molecule is [2H]c1ccc(C([2H])([2H])[C@]([2H])(N(C(=O)O)C(C)(C)C)[C@]([2H])(O)C([2H])([2H])N(CC(C)CNC(=O)C2CC2)S(=O)(=O)c2ccccc2)c([2H])c1[2H]. The third kappa shape index (κ3) is 8.52. The van der Waals surface area contributed by atoms with E-state index in [1.807, 2.05) is 0 Å². The number of carbonyl (C=O) groups excluding carboxylic acids is 1. The predicted octanol–water partition coefficient (Wildman–Crippen LogP) is 3.59. The molecule has 0 aromatic heterocycles. The lowest BCUT2D eigenvalue weighted by Gasteiger charge is -2.42. The van der Waals surface area contributed by atoms with Crippen LogP contribution >= 0.6 is 0 Å². The second-order valence-corrected chi connectivity index (χ2v) is 12.2. The molecular formula is C29H41N3O6S. The molecule has 0 aliphatic heterocycles. The zero-order valence-corrected chi connectivity index (χ0v) is 23.2. The van der Waals surface area contributed by atoms with Crippen molar-refractivity contribution >= 4 is 22.0 Å².